The van der Waals surface area contributed by atoms with Gasteiger partial charge in [0.05, 0.1) is 17.1 Å². The van der Waals surface area contributed by atoms with Crippen molar-refractivity contribution in [3.63, 3.8) is 0 Å². The molecule has 0 aliphatic carbocycles. The van der Waals surface area contributed by atoms with Crippen LogP contribution in [0.5, 0.6) is 0 Å². The fourth-order valence-corrected chi connectivity index (χ4v) is 6.95. The van der Waals surface area contributed by atoms with Gasteiger partial charge in [-0.1, -0.05) is 42.0 Å². The topological polar surface area (TPSA) is 95.6 Å². The maximum absolute atomic E-state index is 13.6. The van der Waals surface area contributed by atoms with Crippen LogP contribution in [0.4, 0.5) is 13.2 Å². The van der Waals surface area contributed by atoms with E-state index in [9.17, 15) is 31.2 Å². The fraction of sp³-hybridized carbons (Fsp3) is 0.167. The van der Waals surface area contributed by atoms with Gasteiger partial charge in [0.25, 0.3) is 21.2 Å². The number of unbranched alkanes of at least 4 members (excludes halogenated alkanes) is 1. The Morgan fingerprint density at radius 2 is 1.32 bits per heavy atom. The molecule has 0 aliphatic rings. The molecule has 0 unspecified atom stereocenters. The molecular formula is C36H26F3NO6S. The largest absolute Gasteiger partial charge is 0.456 e. The highest BCUT2D eigenvalue weighted by atomic mass is 32.2. The Hall–Kier alpha value is -5.00. The SMILES string of the molecule is Cc1ccc(S(=O)(=O)OCCCCn2c(=O)c3ccc4oc5ccc(-c6ccc(C(F)(F)F)cc6)cc5c5ccc(c2=O)c3c45)cc1. The van der Waals surface area contributed by atoms with E-state index in [1.165, 1.54) is 24.3 Å². The summed E-state index contributed by atoms with van der Waals surface area (Å²) in [5.41, 5.74) is 1.54. The third kappa shape index (κ3) is 5.45. The quantitative estimate of drug-likeness (QED) is 0.0711. The maximum Gasteiger partial charge on any atom is 0.416 e. The Morgan fingerprint density at radius 3 is 2.00 bits per heavy atom. The van der Waals surface area contributed by atoms with Gasteiger partial charge in [-0.3, -0.25) is 18.3 Å². The third-order valence-electron chi connectivity index (χ3n) is 8.43. The van der Waals surface area contributed by atoms with Crippen LogP contribution in [0.1, 0.15) is 24.0 Å². The van der Waals surface area contributed by atoms with Gasteiger partial charge >= 0.3 is 6.18 Å². The highest BCUT2D eigenvalue weighted by Gasteiger charge is 2.30. The van der Waals surface area contributed by atoms with Crippen molar-refractivity contribution in [2.24, 2.45) is 0 Å². The fourth-order valence-electron chi connectivity index (χ4n) is 6.01. The molecule has 5 aromatic carbocycles. The Bertz CT molecular complexity index is 2500. The second kappa shape index (κ2) is 11.4. The lowest BCUT2D eigenvalue weighted by atomic mass is 9.95. The molecule has 2 heterocycles. The van der Waals surface area contributed by atoms with Crippen LogP contribution in [0.25, 0.3) is 54.6 Å². The van der Waals surface area contributed by atoms with Gasteiger partial charge in [-0.2, -0.15) is 21.6 Å². The summed E-state index contributed by atoms with van der Waals surface area (Å²) in [5, 5.41) is 3.17. The first-order chi connectivity index (χ1) is 22.4. The number of rotatable bonds is 8. The van der Waals surface area contributed by atoms with Gasteiger partial charge in [-0.05, 0) is 90.9 Å². The Kier molecular flexibility index (Phi) is 7.40. The molecule has 11 heteroatoms. The molecule has 7 nitrogen and oxygen atoms in total. The second-order valence-corrected chi connectivity index (χ2v) is 13.1. The first-order valence-electron chi connectivity index (χ1n) is 14.8. The monoisotopic (exact) mass is 657 g/mol. The lowest BCUT2D eigenvalue weighted by Crippen LogP contribution is -2.33. The molecule has 0 saturated heterocycles. The lowest BCUT2D eigenvalue weighted by molar-refractivity contribution is -0.137. The van der Waals surface area contributed by atoms with Crippen molar-refractivity contribution in [2.45, 2.75) is 37.4 Å². The van der Waals surface area contributed by atoms with Gasteiger partial charge in [0, 0.05) is 33.5 Å². The van der Waals surface area contributed by atoms with Crippen molar-refractivity contribution in [1.29, 1.82) is 0 Å². The summed E-state index contributed by atoms with van der Waals surface area (Å²) in [6.07, 6.45) is -3.81. The molecule has 0 N–H and O–H groups in total. The summed E-state index contributed by atoms with van der Waals surface area (Å²) in [4.78, 5) is 27.3. The standard InChI is InChI=1S/C36H26F3NO6S/c1-21-4-11-25(12-5-21)47(43,44)45-19-3-2-18-40-34(41)27-14-13-26-29-20-23(22-6-9-24(10-7-22)36(37,38)39)8-16-30(29)46-31-17-15-28(35(40)42)32(27)33(26)31/h4-17,20H,2-3,18-19H2,1H3. The van der Waals surface area contributed by atoms with Crippen molar-refractivity contribution in [3.05, 3.63) is 123 Å². The lowest BCUT2D eigenvalue weighted by Gasteiger charge is -2.14. The smallest absolute Gasteiger partial charge is 0.416 e. The zero-order valence-corrected chi connectivity index (χ0v) is 25.7. The zero-order chi connectivity index (χ0) is 33.1. The molecule has 2 aromatic heterocycles. The molecule has 0 amide bonds. The molecule has 0 atom stereocenters. The van der Waals surface area contributed by atoms with Crippen molar-refractivity contribution < 1.29 is 30.2 Å². The zero-order valence-electron chi connectivity index (χ0n) is 24.9. The van der Waals surface area contributed by atoms with E-state index in [2.05, 4.69) is 0 Å². The number of benzene rings is 5. The van der Waals surface area contributed by atoms with Crippen LogP contribution >= 0.6 is 0 Å². The van der Waals surface area contributed by atoms with Gasteiger partial charge in [0.2, 0.25) is 0 Å². The van der Waals surface area contributed by atoms with E-state index in [1.807, 2.05) is 13.0 Å². The van der Waals surface area contributed by atoms with E-state index in [1.54, 1.807) is 48.5 Å². The van der Waals surface area contributed by atoms with Crippen LogP contribution in [-0.4, -0.2) is 19.6 Å². The number of alkyl halides is 3. The van der Waals surface area contributed by atoms with E-state index in [4.69, 9.17) is 8.60 Å². The number of hydrogen-bond donors (Lipinski definition) is 0. The van der Waals surface area contributed by atoms with E-state index in [0.717, 1.165) is 27.6 Å². The van der Waals surface area contributed by atoms with Crippen LogP contribution in [-0.2, 0) is 27.0 Å². The molecule has 0 aliphatic heterocycles. The molecule has 238 valence electrons. The first-order valence-corrected chi connectivity index (χ1v) is 16.3. The Balaban J connectivity index is 1.20. The summed E-state index contributed by atoms with van der Waals surface area (Å²) in [7, 11) is -3.92. The van der Waals surface area contributed by atoms with Gasteiger partial charge in [-0.25, -0.2) is 0 Å². The van der Waals surface area contributed by atoms with Gasteiger partial charge < -0.3 is 4.42 Å². The Labute approximate surface area is 265 Å². The number of aromatic nitrogens is 1. The Morgan fingerprint density at radius 1 is 0.702 bits per heavy atom. The minimum Gasteiger partial charge on any atom is -0.456 e. The second-order valence-electron chi connectivity index (χ2n) is 11.5. The van der Waals surface area contributed by atoms with E-state index in [0.29, 0.717) is 62.1 Å². The minimum absolute atomic E-state index is 0.0588. The van der Waals surface area contributed by atoms with E-state index < -0.39 is 33.0 Å². The minimum atomic E-state index is -4.44. The van der Waals surface area contributed by atoms with Crippen LogP contribution in [0, 0.1) is 6.92 Å². The van der Waals surface area contributed by atoms with Crippen LogP contribution in [0.2, 0.25) is 0 Å². The van der Waals surface area contributed by atoms with Crippen LogP contribution < -0.4 is 11.1 Å². The van der Waals surface area contributed by atoms with Crippen molar-refractivity contribution >= 4 is 53.6 Å². The first kappa shape index (κ1) is 30.6. The number of aryl methyl sites for hydroxylation is 1. The maximum atomic E-state index is 13.6. The van der Waals surface area contributed by atoms with Gasteiger partial charge in [0.15, 0.2) is 0 Å². The number of fused-ring (bicyclic) bond motifs is 2. The third-order valence-corrected chi connectivity index (χ3v) is 9.76. The molecule has 0 radical (unpaired) electrons. The summed E-state index contributed by atoms with van der Waals surface area (Å²) in [6, 6.07) is 23.3. The number of halogens is 3. The summed E-state index contributed by atoms with van der Waals surface area (Å²) in [6.45, 7) is 1.83. The molecule has 0 spiro atoms. The van der Waals surface area contributed by atoms with Crippen LogP contribution in [0.3, 0.4) is 0 Å². The number of pyridine rings is 1. The van der Waals surface area contributed by atoms with Crippen LogP contribution in [0.15, 0.2) is 110 Å². The summed E-state index contributed by atoms with van der Waals surface area (Å²) in [5.74, 6) is 0. The summed E-state index contributed by atoms with van der Waals surface area (Å²) < 4.78 is 76.7. The van der Waals surface area contributed by atoms with E-state index in [-0.39, 0.29) is 18.0 Å². The average molecular weight is 658 g/mol. The predicted molar refractivity (Wildman–Crippen MR) is 174 cm³/mol. The molecule has 0 fully saturated rings. The molecule has 7 aromatic rings. The van der Waals surface area contributed by atoms with Crippen molar-refractivity contribution in [2.75, 3.05) is 6.61 Å². The number of nitrogens with zero attached hydrogens (tertiary/aromatic N) is 1. The molecular weight excluding hydrogens is 631 g/mol. The number of hydrogen-bond acceptors (Lipinski definition) is 6. The van der Waals surface area contributed by atoms with Crippen molar-refractivity contribution in [3.8, 4) is 11.1 Å². The van der Waals surface area contributed by atoms with Gasteiger partial charge in [0.1, 0.15) is 11.2 Å². The average Bonchev–Trinajstić information content (AvgIpc) is 3.05. The molecule has 0 saturated carbocycles. The molecule has 0 bridgehead atoms. The molecule has 47 heavy (non-hydrogen) atoms. The molecule has 7 rings (SSSR count). The van der Waals surface area contributed by atoms with Gasteiger partial charge in [-0.15, -0.1) is 0 Å². The highest BCUT2D eigenvalue weighted by molar-refractivity contribution is 7.86. The van der Waals surface area contributed by atoms with E-state index >= 15 is 0 Å². The normalized spacial score (nSPS) is 12.6. The highest BCUT2D eigenvalue weighted by Crippen LogP contribution is 2.38. The summed E-state index contributed by atoms with van der Waals surface area (Å²) >= 11 is 0. The van der Waals surface area contributed by atoms with Crippen molar-refractivity contribution in [1.82, 2.24) is 4.57 Å². The predicted octanol–water partition coefficient (Wildman–Crippen LogP) is 8.03.